The molecule has 0 spiro atoms. The highest BCUT2D eigenvalue weighted by molar-refractivity contribution is 7.99. The molecule has 0 unspecified atom stereocenters. The molecule has 0 amide bonds. The van der Waals surface area contributed by atoms with Crippen molar-refractivity contribution < 1.29 is 15.0 Å². The van der Waals surface area contributed by atoms with Gasteiger partial charge in [-0.1, -0.05) is 78.3 Å². The molecule has 220 valence electrons. The Labute approximate surface area is 263 Å². The van der Waals surface area contributed by atoms with Crippen LogP contribution in [0.15, 0.2) is 78.9 Å². The van der Waals surface area contributed by atoms with Crippen LogP contribution in [0.4, 0.5) is 0 Å². The van der Waals surface area contributed by atoms with Gasteiger partial charge in [-0.3, -0.25) is 4.79 Å². The maximum Gasteiger partial charge on any atom is 0.303 e. The minimum atomic E-state index is -0.911. The molecule has 3 aromatic carbocycles. The molecule has 0 bridgehead atoms. The molecule has 1 heterocycles. The summed E-state index contributed by atoms with van der Waals surface area (Å²) in [6, 6.07) is 26.5. The molecule has 7 heteroatoms. The topological polar surface area (TPSA) is 70.4 Å². The smallest absolute Gasteiger partial charge is 0.303 e. The fourth-order valence-corrected chi connectivity index (χ4v) is 7.09. The lowest BCUT2D eigenvalue weighted by Crippen LogP contribution is -2.18. The van der Waals surface area contributed by atoms with Gasteiger partial charge in [0.1, 0.15) is 0 Å². The molecule has 4 nitrogen and oxygen atoms in total. The Morgan fingerprint density at radius 2 is 1.81 bits per heavy atom. The SMILES string of the molecule is CC(C)(O)c1ccccc1CC[C@@H](SCC1(CC(=O)O)CC1)c1cccc(/C=C/c2ccc3ccc(Cl)cc3n2)c1.Cl. The Morgan fingerprint density at radius 3 is 2.55 bits per heavy atom. The number of carboxylic acids is 1. The summed E-state index contributed by atoms with van der Waals surface area (Å²) in [6.07, 6.45) is 8.02. The number of carboxylic acid groups (broad SMARTS) is 1. The number of thioether (sulfide) groups is 1. The number of fused-ring (bicyclic) bond motifs is 1. The average Bonchev–Trinajstić information content (AvgIpc) is 3.70. The van der Waals surface area contributed by atoms with E-state index < -0.39 is 11.6 Å². The van der Waals surface area contributed by atoms with Crippen molar-refractivity contribution in [1.82, 2.24) is 4.98 Å². The van der Waals surface area contributed by atoms with Crippen LogP contribution in [0.25, 0.3) is 23.1 Å². The number of hydrogen-bond acceptors (Lipinski definition) is 4. The van der Waals surface area contributed by atoms with Gasteiger partial charge in [0.05, 0.1) is 23.2 Å². The van der Waals surface area contributed by atoms with E-state index in [2.05, 4.69) is 42.5 Å². The van der Waals surface area contributed by atoms with Crippen molar-refractivity contribution in [3.8, 4) is 0 Å². The predicted molar refractivity (Wildman–Crippen MR) is 178 cm³/mol. The lowest BCUT2D eigenvalue weighted by atomic mass is 9.90. The van der Waals surface area contributed by atoms with E-state index in [9.17, 15) is 15.0 Å². The lowest BCUT2D eigenvalue weighted by Gasteiger charge is -2.24. The second kappa shape index (κ2) is 13.6. The van der Waals surface area contributed by atoms with Gasteiger partial charge in [0.2, 0.25) is 0 Å². The number of aryl methyl sites for hydroxylation is 1. The number of rotatable bonds is 12. The number of aromatic nitrogens is 1. The van der Waals surface area contributed by atoms with E-state index in [1.54, 1.807) is 0 Å². The second-order valence-electron chi connectivity index (χ2n) is 11.7. The first kappa shape index (κ1) is 32.1. The quantitative estimate of drug-likeness (QED) is 0.165. The number of aliphatic hydroxyl groups is 1. The molecule has 2 N–H and O–H groups in total. The molecule has 0 radical (unpaired) electrons. The summed E-state index contributed by atoms with van der Waals surface area (Å²) in [5.74, 6) is 0.122. The molecular formula is C35H37Cl2NO3S. The summed E-state index contributed by atoms with van der Waals surface area (Å²) in [7, 11) is 0. The summed E-state index contributed by atoms with van der Waals surface area (Å²) >= 11 is 8.04. The predicted octanol–water partition coefficient (Wildman–Crippen LogP) is 9.37. The zero-order chi connectivity index (χ0) is 29.0. The van der Waals surface area contributed by atoms with Crippen LogP contribution in [0.3, 0.4) is 0 Å². The van der Waals surface area contributed by atoms with Crippen molar-refractivity contribution in [3.63, 3.8) is 0 Å². The first-order chi connectivity index (χ1) is 19.6. The number of nitrogens with zero attached hydrogens (tertiary/aromatic N) is 1. The van der Waals surface area contributed by atoms with Crippen molar-refractivity contribution in [2.24, 2.45) is 5.41 Å². The van der Waals surface area contributed by atoms with Gasteiger partial charge in [-0.15, -0.1) is 12.4 Å². The van der Waals surface area contributed by atoms with Crippen molar-refractivity contribution in [2.75, 3.05) is 5.75 Å². The van der Waals surface area contributed by atoms with Crippen molar-refractivity contribution in [3.05, 3.63) is 112 Å². The molecule has 1 aliphatic carbocycles. The van der Waals surface area contributed by atoms with Crippen molar-refractivity contribution >= 4 is 64.8 Å². The second-order valence-corrected chi connectivity index (χ2v) is 13.3. The maximum absolute atomic E-state index is 11.5. The van der Waals surface area contributed by atoms with Gasteiger partial charge in [0.25, 0.3) is 0 Å². The third-order valence-electron chi connectivity index (χ3n) is 7.83. The van der Waals surface area contributed by atoms with Crippen LogP contribution >= 0.6 is 35.8 Å². The highest BCUT2D eigenvalue weighted by atomic mass is 35.5. The number of hydrogen-bond donors (Lipinski definition) is 2. The zero-order valence-corrected chi connectivity index (χ0v) is 26.3. The Bertz CT molecular complexity index is 1580. The van der Waals surface area contributed by atoms with Crippen LogP contribution in [-0.4, -0.2) is 26.9 Å². The molecule has 1 fully saturated rings. The standard InChI is InChI=1S/C35H36ClNO3S.ClH/c1-34(2,40)30-9-4-3-7-25(30)13-17-32(41-23-35(18-19-35)22-33(38)39)27-8-5-6-24(20-27)10-15-29-16-12-26-11-14-28(36)21-31(26)37-29;/h3-12,14-16,20-21,32,40H,13,17-19,22-23H2,1-2H3,(H,38,39);1H/b15-10+;/t32-;/m1./s1. The molecule has 1 aromatic heterocycles. The summed E-state index contributed by atoms with van der Waals surface area (Å²) in [6.45, 7) is 3.66. The van der Waals surface area contributed by atoms with Gasteiger partial charge in [0, 0.05) is 21.4 Å². The van der Waals surface area contributed by atoms with Gasteiger partial charge < -0.3 is 10.2 Å². The zero-order valence-electron chi connectivity index (χ0n) is 23.9. The number of aliphatic carboxylic acids is 1. The van der Waals surface area contributed by atoms with E-state index in [4.69, 9.17) is 16.6 Å². The van der Waals surface area contributed by atoms with Gasteiger partial charge in [-0.2, -0.15) is 11.8 Å². The molecule has 5 rings (SSSR count). The minimum Gasteiger partial charge on any atom is -0.481 e. The summed E-state index contributed by atoms with van der Waals surface area (Å²) < 4.78 is 0. The fraction of sp³-hybridized carbons (Fsp3) is 0.314. The Kier molecular flexibility index (Phi) is 10.4. The van der Waals surface area contributed by atoms with E-state index >= 15 is 0 Å². The third-order valence-corrected chi connectivity index (χ3v) is 9.76. The number of halogens is 2. The highest BCUT2D eigenvalue weighted by Gasteiger charge is 2.44. The number of pyridine rings is 1. The van der Waals surface area contributed by atoms with Gasteiger partial charge in [-0.05, 0) is 91.5 Å². The molecule has 1 saturated carbocycles. The van der Waals surface area contributed by atoms with Crippen molar-refractivity contribution in [1.29, 1.82) is 0 Å². The Morgan fingerprint density at radius 1 is 1.05 bits per heavy atom. The molecule has 1 aliphatic rings. The highest BCUT2D eigenvalue weighted by Crippen LogP contribution is 2.53. The van der Waals surface area contributed by atoms with Crippen molar-refractivity contribution in [2.45, 2.75) is 56.8 Å². The van der Waals surface area contributed by atoms with E-state index in [1.807, 2.05) is 74.1 Å². The van der Waals surface area contributed by atoms with E-state index in [0.717, 1.165) is 64.7 Å². The van der Waals surface area contributed by atoms with Gasteiger partial charge in [0.15, 0.2) is 0 Å². The average molecular weight is 623 g/mol. The summed E-state index contributed by atoms with van der Waals surface area (Å²) in [5, 5.41) is 22.1. The maximum atomic E-state index is 11.5. The lowest BCUT2D eigenvalue weighted by molar-refractivity contribution is -0.138. The van der Waals surface area contributed by atoms with E-state index in [0.29, 0.717) is 5.02 Å². The fourth-order valence-electron chi connectivity index (χ4n) is 5.36. The van der Waals surface area contributed by atoms with Crippen LogP contribution in [-0.2, 0) is 16.8 Å². The van der Waals surface area contributed by atoms with Crippen LogP contribution in [0.5, 0.6) is 0 Å². The summed E-state index contributed by atoms with van der Waals surface area (Å²) in [5.41, 5.74) is 5.15. The number of benzene rings is 3. The molecular weight excluding hydrogens is 585 g/mol. The largest absolute Gasteiger partial charge is 0.481 e. The van der Waals surface area contributed by atoms with E-state index in [-0.39, 0.29) is 29.5 Å². The third kappa shape index (κ3) is 8.38. The molecule has 0 aliphatic heterocycles. The van der Waals surface area contributed by atoms with E-state index in [1.165, 1.54) is 5.56 Å². The van der Waals surface area contributed by atoms with Crippen LogP contribution < -0.4 is 0 Å². The number of carbonyl (C=O) groups is 1. The molecule has 4 aromatic rings. The molecule has 42 heavy (non-hydrogen) atoms. The monoisotopic (exact) mass is 621 g/mol. The summed E-state index contributed by atoms with van der Waals surface area (Å²) in [4.78, 5) is 16.2. The Hall–Kier alpha value is -2.83. The molecule has 0 saturated heterocycles. The normalized spacial score (nSPS) is 15.0. The van der Waals surface area contributed by atoms with Crippen LogP contribution in [0.2, 0.25) is 5.02 Å². The van der Waals surface area contributed by atoms with Crippen LogP contribution in [0.1, 0.15) is 72.7 Å². The first-order valence-corrected chi connectivity index (χ1v) is 15.5. The van der Waals surface area contributed by atoms with Gasteiger partial charge >= 0.3 is 5.97 Å². The first-order valence-electron chi connectivity index (χ1n) is 14.1. The molecule has 1 atom stereocenters. The minimum absolute atomic E-state index is 0. The Balaban J connectivity index is 0.00000405. The van der Waals surface area contributed by atoms with Gasteiger partial charge in [-0.25, -0.2) is 4.98 Å². The van der Waals surface area contributed by atoms with Crippen LogP contribution in [0, 0.1) is 5.41 Å².